The van der Waals surface area contributed by atoms with E-state index in [1.807, 2.05) is 4.68 Å². The average Bonchev–Trinajstić information content (AvgIpc) is 3.29. The summed E-state index contributed by atoms with van der Waals surface area (Å²) in [6.45, 7) is 1.86. The molecule has 28 heavy (non-hydrogen) atoms. The molecular weight excluding hydrogens is 386 g/mol. The van der Waals surface area contributed by atoms with Gasteiger partial charge in [0.05, 0.1) is 23.5 Å². The summed E-state index contributed by atoms with van der Waals surface area (Å²) in [4.78, 5) is 16.6. The molecule has 0 unspecified atom stereocenters. The number of amides is 1. The molecule has 146 valence electrons. The molecule has 0 aliphatic carbocycles. The molecule has 10 heteroatoms. The molecule has 2 aromatic heterocycles. The summed E-state index contributed by atoms with van der Waals surface area (Å²) in [6, 6.07) is 3.81. The molecule has 0 spiro atoms. The lowest BCUT2D eigenvalue weighted by Crippen LogP contribution is -2.29. The highest BCUT2D eigenvalue weighted by Gasteiger charge is 2.22. The molecule has 1 aliphatic heterocycles. The van der Waals surface area contributed by atoms with Crippen LogP contribution >= 0.6 is 11.3 Å². The second-order valence-corrected chi connectivity index (χ2v) is 7.50. The van der Waals surface area contributed by atoms with Crippen LogP contribution in [-0.4, -0.2) is 33.8 Å². The summed E-state index contributed by atoms with van der Waals surface area (Å²) >= 11 is 0.861. The van der Waals surface area contributed by atoms with E-state index in [2.05, 4.69) is 20.7 Å². The van der Waals surface area contributed by atoms with Crippen LogP contribution in [0.25, 0.3) is 10.6 Å². The molecule has 0 radical (unpaired) electrons. The fraction of sp³-hybridized carbons (Fsp3) is 0.278. The zero-order chi connectivity index (χ0) is 19.7. The number of nitrogens with two attached hydrogens (primary N) is 1. The predicted octanol–water partition coefficient (Wildman–Crippen LogP) is 3.04. The zero-order valence-electron chi connectivity index (χ0n) is 14.8. The van der Waals surface area contributed by atoms with Gasteiger partial charge < -0.3 is 16.4 Å². The summed E-state index contributed by atoms with van der Waals surface area (Å²) in [5.74, 6) is -2.07. The Kier molecular flexibility index (Phi) is 5.05. The Morgan fingerprint density at radius 1 is 1.29 bits per heavy atom. The number of nitrogens with zero attached hydrogens (tertiary/aromatic N) is 3. The van der Waals surface area contributed by atoms with Gasteiger partial charge in [-0.15, -0.1) is 0 Å². The van der Waals surface area contributed by atoms with Crippen LogP contribution in [0.3, 0.4) is 0 Å². The normalized spacial score (nSPS) is 14.9. The Bertz CT molecular complexity index is 991. The number of carbonyl (C=O) groups is 1. The topological polar surface area (TPSA) is 97.9 Å². The molecular formula is C18H18F2N6OS. The van der Waals surface area contributed by atoms with Crippen molar-refractivity contribution in [3.05, 3.63) is 47.9 Å². The van der Waals surface area contributed by atoms with Crippen molar-refractivity contribution in [1.29, 1.82) is 0 Å². The van der Waals surface area contributed by atoms with Crippen LogP contribution in [0.5, 0.6) is 0 Å². The highest BCUT2D eigenvalue weighted by Crippen LogP contribution is 2.33. The van der Waals surface area contributed by atoms with Gasteiger partial charge in [0, 0.05) is 6.20 Å². The van der Waals surface area contributed by atoms with Crippen LogP contribution in [0.2, 0.25) is 0 Å². The first kappa shape index (κ1) is 18.5. The predicted molar refractivity (Wildman–Crippen MR) is 103 cm³/mol. The molecule has 7 nitrogen and oxygen atoms in total. The van der Waals surface area contributed by atoms with Gasteiger partial charge in [0.15, 0.2) is 5.69 Å². The second-order valence-electron chi connectivity index (χ2n) is 6.47. The zero-order valence-corrected chi connectivity index (χ0v) is 15.6. The van der Waals surface area contributed by atoms with Crippen molar-refractivity contribution in [2.24, 2.45) is 0 Å². The summed E-state index contributed by atoms with van der Waals surface area (Å²) in [5, 5.41) is 10.4. The van der Waals surface area contributed by atoms with E-state index >= 15 is 0 Å². The molecule has 1 aliphatic rings. The number of hydrogen-bond donors (Lipinski definition) is 3. The largest absolute Gasteiger partial charge is 0.389 e. The van der Waals surface area contributed by atoms with Crippen molar-refractivity contribution in [1.82, 2.24) is 20.1 Å². The van der Waals surface area contributed by atoms with Crippen molar-refractivity contribution in [2.45, 2.75) is 18.9 Å². The maximum atomic E-state index is 14.0. The number of piperidine rings is 1. The Morgan fingerprint density at radius 3 is 2.71 bits per heavy atom. The fourth-order valence-electron chi connectivity index (χ4n) is 3.17. The van der Waals surface area contributed by atoms with Crippen molar-refractivity contribution in [2.75, 3.05) is 24.1 Å². The number of thiazole rings is 1. The van der Waals surface area contributed by atoms with Crippen molar-refractivity contribution < 1.29 is 13.6 Å². The molecule has 3 aromatic rings. The van der Waals surface area contributed by atoms with Gasteiger partial charge in [-0.25, -0.2) is 13.8 Å². The lowest BCUT2D eigenvalue weighted by molar-refractivity contribution is 0.102. The van der Waals surface area contributed by atoms with E-state index in [1.54, 1.807) is 12.4 Å². The Labute approximate surface area is 163 Å². The maximum Gasteiger partial charge on any atom is 0.277 e. The fourth-order valence-corrected chi connectivity index (χ4v) is 4.04. The van der Waals surface area contributed by atoms with Gasteiger partial charge in [0.2, 0.25) is 0 Å². The van der Waals surface area contributed by atoms with Crippen LogP contribution in [0.15, 0.2) is 30.6 Å². The smallest absolute Gasteiger partial charge is 0.277 e. The first-order chi connectivity index (χ1) is 13.5. The number of carbonyl (C=O) groups excluding carboxylic acids is 1. The minimum atomic E-state index is -0.760. The van der Waals surface area contributed by atoms with Crippen LogP contribution in [0.4, 0.5) is 19.5 Å². The monoisotopic (exact) mass is 404 g/mol. The first-order valence-corrected chi connectivity index (χ1v) is 9.61. The molecule has 1 amide bonds. The van der Waals surface area contributed by atoms with Gasteiger partial charge in [-0.2, -0.15) is 5.10 Å². The molecule has 3 heterocycles. The Morgan fingerprint density at radius 2 is 2.00 bits per heavy atom. The van der Waals surface area contributed by atoms with Crippen LogP contribution < -0.4 is 16.4 Å². The maximum absolute atomic E-state index is 14.0. The van der Waals surface area contributed by atoms with Crippen LogP contribution in [0, 0.1) is 11.6 Å². The minimum absolute atomic E-state index is 0.0173. The van der Waals surface area contributed by atoms with Gasteiger partial charge in [-0.1, -0.05) is 17.4 Å². The molecule has 0 atom stereocenters. The summed E-state index contributed by atoms with van der Waals surface area (Å²) in [5.41, 5.74) is 6.02. The highest BCUT2D eigenvalue weighted by atomic mass is 32.1. The lowest BCUT2D eigenvalue weighted by Gasteiger charge is -2.22. The van der Waals surface area contributed by atoms with Gasteiger partial charge in [0.1, 0.15) is 21.6 Å². The Hall–Kier alpha value is -2.85. The van der Waals surface area contributed by atoms with E-state index in [1.165, 1.54) is 6.07 Å². The van der Waals surface area contributed by atoms with Gasteiger partial charge in [-0.05, 0) is 38.1 Å². The minimum Gasteiger partial charge on any atom is -0.389 e. The number of anilines is 2. The quantitative estimate of drug-likeness (QED) is 0.621. The number of aromatic nitrogens is 3. The van der Waals surface area contributed by atoms with Crippen LogP contribution in [0.1, 0.15) is 29.4 Å². The van der Waals surface area contributed by atoms with E-state index in [9.17, 15) is 13.6 Å². The molecule has 4 rings (SSSR count). The van der Waals surface area contributed by atoms with Crippen molar-refractivity contribution in [3.8, 4) is 10.6 Å². The standard InChI is InChI=1S/C18H18F2N6OS/c19-12-2-1-3-13(20)14(12)18-25-15(16(21)28-18)17(27)24-10-8-23-26(9-10)11-4-6-22-7-5-11/h1-3,8-9,11,22H,4-7,21H2,(H,24,27). The number of nitrogens with one attached hydrogen (secondary N) is 2. The van der Waals surface area contributed by atoms with Gasteiger partial charge in [0.25, 0.3) is 5.91 Å². The first-order valence-electron chi connectivity index (χ1n) is 8.80. The number of halogens is 2. The summed E-state index contributed by atoms with van der Waals surface area (Å²) in [6.07, 6.45) is 5.24. The van der Waals surface area contributed by atoms with Crippen molar-refractivity contribution >= 4 is 27.9 Å². The molecule has 1 saturated heterocycles. The van der Waals surface area contributed by atoms with Crippen molar-refractivity contribution in [3.63, 3.8) is 0 Å². The molecule has 1 aromatic carbocycles. The Balaban J connectivity index is 1.53. The number of nitrogen functional groups attached to an aromatic ring is 1. The summed E-state index contributed by atoms with van der Waals surface area (Å²) < 4.78 is 29.8. The van der Waals surface area contributed by atoms with E-state index in [-0.39, 0.29) is 27.3 Å². The van der Waals surface area contributed by atoms with Gasteiger partial charge in [-0.3, -0.25) is 9.48 Å². The van der Waals surface area contributed by atoms with E-state index in [4.69, 9.17) is 5.73 Å². The third-order valence-corrected chi connectivity index (χ3v) is 5.49. The summed E-state index contributed by atoms with van der Waals surface area (Å²) in [7, 11) is 0. The van der Waals surface area contributed by atoms with Gasteiger partial charge >= 0.3 is 0 Å². The highest BCUT2D eigenvalue weighted by molar-refractivity contribution is 7.19. The molecule has 1 fully saturated rings. The SMILES string of the molecule is Nc1sc(-c2c(F)cccc2F)nc1C(=O)Nc1cnn(C2CCNCC2)c1. The number of rotatable bonds is 4. The lowest BCUT2D eigenvalue weighted by atomic mass is 10.1. The van der Waals surface area contributed by atoms with E-state index in [0.717, 1.165) is 49.4 Å². The van der Waals surface area contributed by atoms with Crippen LogP contribution in [-0.2, 0) is 0 Å². The average molecular weight is 404 g/mol. The molecule has 0 saturated carbocycles. The third-order valence-electron chi connectivity index (χ3n) is 4.59. The van der Waals surface area contributed by atoms with E-state index < -0.39 is 17.5 Å². The number of hydrogen-bond acceptors (Lipinski definition) is 6. The molecule has 0 bridgehead atoms. The third kappa shape index (κ3) is 3.60. The van der Waals surface area contributed by atoms with E-state index in [0.29, 0.717) is 5.69 Å². The number of benzene rings is 1. The second kappa shape index (κ2) is 7.64. The molecule has 4 N–H and O–H groups in total.